The van der Waals surface area contributed by atoms with Crippen molar-refractivity contribution in [3.8, 4) is 6.07 Å². The van der Waals surface area contributed by atoms with Crippen LogP contribution in [0.5, 0.6) is 0 Å². The Kier molecular flexibility index (Phi) is 4.20. The number of thioether (sulfide) groups is 1. The summed E-state index contributed by atoms with van der Waals surface area (Å²) in [4.78, 5) is 16.2. The Morgan fingerprint density at radius 3 is 2.89 bits per heavy atom. The standard InChI is InChI=1S/C13H11N3OS2/c1-8(15)9(6-14)11(17)7-18-13-16-10-4-2-3-5-12(10)19-13/h2-5H,7,15H2,1H3. The molecule has 0 spiro atoms. The van der Waals surface area contributed by atoms with Crippen molar-refractivity contribution in [1.29, 1.82) is 5.26 Å². The number of hydrogen-bond donors (Lipinski definition) is 1. The highest BCUT2D eigenvalue weighted by Gasteiger charge is 2.13. The van der Waals surface area contributed by atoms with E-state index in [9.17, 15) is 4.79 Å². The van der Waals surface area contributed by atoms with Crippen LogP contribution in [0.4, 0.5) is 0 Å². The van der Waals surface area contributed by atoms with E-state index in [1.807, 2.05) is 30.3 Å². The van der Waals surface area contributed by atoms with Crippen LogP contribution in [0, 0.1) is 11.3 Å². The highest BCUT2D eigenvalue weighted by atomic mass is 32.2. The zero-order chi connectivity index (χ0) is 13.8. The number of nitrogens with two attached hydrogens (primary N) is 1. The van der Waals surface area contributed by atoms with Crippen molar-refractivity contribution in [3.05, 3.63) is 35.5 Å². The van der Waals surface area contributed by atoms with E-state index in [1.165, 1.54) is 23.1 Å². The van der Waals surface area contributed by atoms with Crippen LogP contribution in [-0.2, 0) is 4.79 Å². The number of hydrogen-bond acceptors (Lipinski definition) is 6. The second-order valence-electron chi connectivity index (χ2n) is 3.83. The van der Waals surface area contributed by atoms with Crippen LogP contribution in [0.15, 0.2) is 39.9 Å². The molecular formula is C13H11N3OS2. The van der Waals surface area contributed by atoms with Crippen molar-refractivity contribution in [2.45, 2.75) is 11.3 Å². The highest BCUT2D eigenvalue weighted by Crippen LogP contribution is 2.29. The van der Waals surface area contributed by atoms with Crippen LogP contribution in [-0.4, -0.2) is 16.5 Å². The van der Waals surface area contributed by atoms with Gasteiger partial charge in [0.15, 0.2) is 10.1 Å². The first-order chi connectivity index (χ1) is 9.11. The second-order valence-corrected chi connectivity index (χ2v) is 6.08. The molecule has 1 heterocycles. The van der Waals surface area contributed by atoms with Crippen LogP contribution in [0.3, 0.4) is 0 Å². The van der Waals surface area contributed by atoms with E-state index < -0.39 is 0 Å². The lowest BCUT2D eigenvalue weighted by molar-refractivity contribution is -0.112. The Bertz CT molecular complexity index is 660. The normalized spacial score (nSPS) is 12.0. The first kappa shape index (κ1) is 13.6. The summed E-state index contributed by atoms with van der Waals surface area (Å²) in [5.41, 5.74) is 6.71. The van der Waals surface area contributed by atoms with Crippen molar-refractivity contribution in [1.82, 2.24) is 4.98 Å². The van der Waals surface area contributed by atoms with Crippen LogP contribution in [0.25, 0.3) is 10.2 Å². The number of aromatic nitrogens is 1. The number of nitrogens with zero attached hydrogens (tertiary/aromatic N) is 2. The van der Waals surface area contributed by atoms with Gasteiger partial charge in [0.05, 0.1) is 16.0 Å². The number of ketones is 1. The van der Waals surface area contributed by atoms with Crippen LogP contribution in [0.1, 0.15) is 6.92 Å². The van der Waals surface area contributed by atoms with Gasteiger partial charge in [0.2, 0.25) is 0 Å². The monoisotopic (exact) mass is 289 g/mol. The summed E-state index contributed by atoms with van der Waals surface area (Å²) in [7, 11) is 0. The number of rotatable bonds is 4. The lowest BCUT2D eigenvalue weighted by atomic mass is 10.2. The number of para-hydroxylation sites is 1. The Morgan fingerprint density at radius 2 is 2.26 bits per heavy atom. The van der Waals surface area contributed by atoms with E-state index in [1.54, 1.807) is 6.92 Å². The number of Topliss-reactive ketones (excluding diaryl/α,β-unsaturated/α-hetero) is 1. The zero-order valence-corrected chi connectivity index (χ0v) is 11.8. The summed E-state index contributed by atoms with van der Waals surface area (Å²) in [6.45, 7) is 1.55. The molecule has 1 aromatic carbocycles. The molecule has 0 amide bonds. The van der Waals surface area contributed by atoms with Crippen LogP contribution in [0.2, 0.25) is 0 Å². The van der Waals surface area contributed by atoms with Gasteiger partial charge in [-0.2, -0.15) is 5.26 Å². The minimum absolute atomic E-state index is 0.0358. The molecule has 2 rings (SSSR count). The van der Waals surface area contributed by atoms with E-state index in [0.29, 0.717) is 0 Å². The maximum absolute atomic E-state index is 11.8. The third-order valence-electron chi connectivity index (χ3n) is 2.39. The second kappa shape index (κ2) is 5.87. The van der Waals surface area contributed by atoms with Gasteiger partial charge < -0.3 is 5.73 Å². The Hall–Kier alpha value is -1.84. The molecule has 96 valence electrons. The molecule has 1 aromatic heterocycles. The van der Waals surface area contributed by atoms with Crippen molar-refractivity contribution in [2.75, 3.05) is 5.75 Å². The molecule has 0 bridgehead atoms. The van der Waals surface area contributed by atoms with Crippen molar-refractivity contribution >= 4 is 39.1 Å². The first-order valence-corrected chi connectivity index (χ1v) is 7.30. The maximum Gasteiger partial charge on any atom is 0.185 e. The fourth-order valence-electron chi connectivity index (χ4n) is 1.48. The van der Waals surface area contributed by atoms with Gasteiger partial charge in [-0.15, -0.1) is 11.3 Å². The molecule has 0 aliphatic rings. The molecule has 0 radical (unpaired) electrons. The predicted octanol–water partition coefficient (Wildman–Crippen LogP) is 2.71. The van der Waals surface area contributed by atoms with Gasteiger partial charge in [-0.3, -0.25) is 4.79 Å². The molecule has 4 nitrogen and oxygen atoms in total. The zero-order valence-electron chi connectivity index (χ0n) is 10.2. The first-order valence-electron chi connectivity index (χ1n) is 5.50. The van der Waals surface area contributed by atoms with Gasteiger partial charge in [-0.25, -0.2) is 4.98 Å². The Labute approximate surface area is 118 Å². The van der Waals surface area contributed by atoms with E-state index in [-0.39, 0.29) is 22.8 Å². The lowest BCUT2D eigenvalue weighted by Crippen LogP contribution is -2.10. The van der Waals surface area contributed by atoms with Gasteiger partial charge in [0, 0.05) is 5.70 Å². The molecule has 2 aromatic rings. The number of fused-ring (bicyclic) bond motifs is 1. The highest BCUT2D eigenvalue weighted by molar-refractivity contribution is 8.01. The van der Waals surface area contributed by atoms with Crippen molar-refractivity contribution in [3.63, 3.8) is 0 Å². The molecular weight excluding hydrogens is 278 g/mol. The average Bonchev–Trinajstić information content (AvgIpc) is 2.79. The van der Waals surface area contributed by atoms with Crippen molar-refractivity contribution in [2.24, 2.45) is 5.73 Å². The summed E-state index contributed by atoms with van der Waals surface area (Å²) in [6, 6.07) is 9.64. The predicted molar refractivity (Wildman–Crippen MR) is 77.9 cm³/mol. The molecule has 19 heavy (non-hydrogen) atoms. The minimum atomic E-state index is -0.258. The van der Waals surface area contributed by atoms with Gasteiger partial charge in [0.1, 0.15) is 11.6 Å². The third kappa shape index (κ3) is 3.13. The van der Waals surface area contributed by atoms with Crippen LogP contribution < -0.4 is 5.73 Å². The fourth-order valence-corrected chi connectivity index (χ4v) is 3.42. The number of carbonyl (C=O) groups is 1. The van der Waals surface area contributed by atoms with E-state index in [4.69, 9.17) is 11.0 Å². The number of allylic oxidation sites excluding steroid dienone is 2. The molecule has 2 N–H and O–H groups in total. The summed E-state index contributed by atoms with van der Waals surface area (Å²) in [6.07, 6.45) is 0. The van der Waals surface area contributed by atoms with Gasteiger partial charge in [-0.1, -0.05) is 23.9 Å². The summed E-state index contributed by atoms with van der Waals surface area (Å²) in [5.74, 6) is -0.0798. The van der Waals surface area contributed by atoms with Gasteiger partial charge in [0.25, 0.3) is 0 Å². The molecule has 0 atom stereocenters. The number of benzene rings is 1. The summed E-state index contributed by atoms with van der Waals surface area (Å²) < 4.78 is 1.91. The molecule has 0 unspecified atom stereocenters. The number of thiazole rings is 1. The Balaban J connectivity index is 2.09. The molecule has 0 fully saturated rings. The Morgan fingerprint density at radius 1 is 1.53 bits per heavy atom. The molecule has 6 heteroatoms. The van der Waals surface area contributed by atoms with E-state index >= 15 is 0 Å². The SMILES string of the molecule is CC(N)=C(C#N)C(=O)CSc1nc2ccccc2s1. The fraction of sp³-hybridized carbons (Fsp3) is 0.154. The topological polar surface area (TPSA) is 79.8 Å². The van der Waals surface area contributed by atoms with E-state index in [2.05, 4.69) is 4.98 Å². The van der Waals surface area contributed by atoms with Gasteiger partial charge >= 0.3 is 0 Å². The molecule has 0 saturated heterocycles. The molecule has 0 aliphatic heterocycles. The largest absolute Gasteiger partial charge is 0.401 e. The maximum atomic E-state index is 11.8. The molecule has 0 saturated carbocycles. The minimum Gasteiger partial charge on any atom is -0.401 e. The van der Waals surface area contributed by atoms with E-state index in [0.717, 1.165) is 14.6 Å². The van der Waals surface area contributed by atoms with Crippen molar-refractivity contribution < 1.29 is 4.79 Å². The summed E-state index contributed by atoms with van der Waals surface area (Å²) >= 11 is 2.87. The number of carbonyl (C=O) groups excluding carboxylic acids is 1. The quantitative estimate of drug-likeness (QED) is 0.532. The van der Waals surface area contributed by atoms with Crippen LogP contribution >= 0.6 is 23.1 Å². The van der Waals surface area contributed by atoms with Gasteiger partial charge in [-0.05, 0) is 19.1 Å². The summed E-state index contributed by atoms with van der Waals surface area (Å²) in [5, 5.41) is 8.85. The molecule has 0 aliphatic carbocycles. The average molecular weight is 289 g/mol. The third-order valence-corrected chi connectivity index (χ3v) is 4.57. The smallest absolute Gasteiger partial charge is 0.185 e. The number of nitriles is 1. The lowest BCUT2D eigenvalue weighted by Gasteiger charge is -1.98.